The molecule has 0 unspecified atom stereocenters. The predicted octanol–water partition coefficient (Wildman–Crippen LogP) is 2.35. The lowest BCUT2D eigenvalue weighted by Crippen LogP contribution is -2.51. The Kier molecular flexibility index (Phi) is 2.95. The highest BCUT2D eigenvalue weighted by atomic mass is 16.2. The zero-order valence-corrected chi connectivity index (χ0v) is 14.3. The van der Waals surface area contributed by atoms with Crippen LogP contribution in [0.15, 0.2) is 35.3 Å². The highest BCUT2D eigenvalue weighted by molar-refractivity contribution is 6.21. The summed E-state index contributed by atoms with van der Waals surface area (Å²) in [4.78, 5) is 21.7. The van der Waals surface area contributed by atoms with Gasteiger partial charge < -0.3 is 5.32 Å². The largest absolute Gasteiger partial charge is 0.340 e. The molecule has 7 heteroatoms. The van der Waals surface area contributed by atoms with Crippen molar-refractivity contribution in [2.75, 3.05) is 17.3 Å². The number of benzene rings is 1. The number of aryl methyl sites for hydroxylation is 1. The summed E-state index contributed by atoms with van der Waals surface area (Å²) in [6.07, 6.45) is 3.36. The monoisotopic (exact) mass is 336 g/mol. The van der Waals surface area contributed by atoms with E-state index in [9.17, 15) is 4.79 Å². The SMILES string of the molecule is CN1C(=O)c2c(nn(C)c2Nc2ccccc2)N2C1=N[C@@H]1CCC[C@@H]12. The Morgan fingerprint density at radius 3 is 2.76 bits per heavy atom. The van der Waals surface area contributed by atoms with E-state index in [2.05, 4.69) is 15.3 Å². The Labute approximate surface area is 145 Å². The van der Waals surface area contributed by atoms with Crippen LogP contribution in [0.2, 0.25) is 0 Å². The van der Waals surface area contributed by atoms with E-state index in [1.165, 1.54) is 6.42 Å². The van der Waals surface area contributed by atoms with Crippen molar-refractivity contribution in [1.29, 1.82) is 0 Å². The number of nitrogens with one attached hydrogen (secondary N) is 1. The van der Waals surface area contributed by atoms with Gasteiger partial charge in [0.05, 0.1) is 12.1 Å². The van der Waals surface area contributed by atoms with Crippen molar-refractivity contribution in [2.24, 2.45) is 12.0 Å². The topological polar surface area (TPSA) is 65.8 Å². The lowest BCUT2D eigenvalue weighted by atomic mass is 10.1. The molecule has 3 aliphatic rings. The zero-order chi connectivity index (χ0) is 17.1. The van der Waals surface area contributed by atoms with Gasteiger partial charge in [0.2, 0.25) is 5.96 Å². The number of hydrogen-bond donors (Lipinski definition) is 1. The molecule has 0 radical (unpaired) electrons. The Morgan fingerprint density at radius 1 is 1.16 bits per heavy atom. The van der Waals surface area contributed by atoms with Crippen LogP contribution in [0.5, 0.6) is 0 Å². The third-order valence-electron chi connectivity index (χ3n) is 5.38. The van der Waals surface area contributed by atoms with Crippen LogP contribution in [0.25, 0.3) is 0 Å². The molecule has 128 valence electrons. The van der Waals surface area contributed by atoms with Gasteiger partial charge in [0.25, 0.3) is 5.91 Å². The summed E-state index contributed by atoms with van der Waals surface area (Å²) < 4.78 is 1.76. The van der Waals surface area contributed by atoms with Gasteiger partial charge in [-0.1, -0.05) is 18.2 Å². The molecule has 25 heavy (non-hydrogen) atoms. The van der Waals surface area contributed by atoms with Crippen LogP contribution < -0.4 is 10.2 Å². The van der Waals surface area contributed by atoms with Crippen molar-refractivity contribution in [3.8, 4) is 0 Å². The number of carbonyl (C=O) groups is 1. The van der Waals surface area contributed by atoms with Gasteiger partial charge in [-0.05, 0) is 31.4 Å². The minimum absolute atomic E-state index is 0.0588. The molecule has 1 aromatic carbocycles. The van der Waals surface area contributed by atoms with Crippen molar-refractivity contribution in [1.82, 2.24) is 14.7 Å². The molecule has 1 amide bonds. The first kappa shape index (κ1) is 14.5. The summed E-state index contributed by atoms with van der Waals surface area (Å²) in [6.45, 7) is 0. The van der Waals surface area contributed by atoms with Crippen molar-refractivity contribution < 1.29 is 4.79 Å². The summed E-state index contributed by atoms with van der Waals surface area (Å²) in [6, 6.07) is 10.5. The molecule has 5 rings (SSSR count). The Morgan fingerprint density at radius 2 is 1.96 bits per heavy atom. The number of para-hydroxylation sites is 1. The Balaban J connectivity index is 1.63. The van der Waals surface area contributed by atoms with Gasteiger partial charge >= 0.3 is 0 Å². The van der Waals surface area contributed by atoms with E-state index in [0.717, 1.165) is 36.1 Å². The highest BCUT2D eigenvalue weighted by Gasteiger charge is 2.49. The number of guanidine groups is 1. The minimum Gasteiger partial charge on any atom is -0.340 e. The van der Waals surface area contributed by atoms with Gasteiger partial charge in [0, 0.05) is 19.8 Å². The molecule has 2 aliphatic heterocycles. The van der Waals surface area contributed by atoms with Crippen molar-refractivity contribution >= 4 is 29.2 Å². The fourth-order valence-electron chi connectivity index (χ4n) is 4.17. The maximum Gasteiger partial charge on any atom is 0.267 e. The quantitative estimate of drug-likeness (QED) is 0.914. The lowest BCUT2D eigenvalue weighted by Gasteiger charge is -2.34. The number of aromatic nitrogens is 2. The normalized spacial score (nSPS) is 24.1. The standard InChI is InChI=1S/C18H20N6O/c1-22-17(25)14-15(19-11-7-4-3-5-8-11)23(2)21-16(14)24-13-10-6-9-12(13)20-18(22)24/h3-5,7-8,12-13,19H,6,9-10H2,1-2H3/t12-,13+/m1/s1. The molecule has 0 bridgehead atoms. The van der Waals surface area contributed by atoms with Crippen molar-refractivity contribution in [3.63, 3.8) is 0 Å². The van der Waals surface area contributed by atoms with Gasteiger partial charge in [-0.3, -0.25) is 14.6 Å². The third kappa shape index (κ3) is 1.95. The van der Waals surface area contributed by atoms with E-state index in [1.807, 2.05) is 37.4 Å². The Bertz CT molecular complexity index is 886. The second-order valence-electron chi connectivity index (χ2n) is 6.89. The minimum atomic E-state index is -0.0588. The number of amides is 1. The zero-order valence-electron chi connectivity index (χ0n) is 14.3. The molecule has 2 atom stereocenters. The van der Waals surface area contributed by atoms with Crippen LogP contribution in [0.1, 0.15) is 29.6 Å². The molecule has 1 aromatic heterocycles. The fourth-order valence-corrected chi connectivity index (χ4v) is 4.17. The Hall–Kier alpha value is -2.83. The van der Waals surface area contributed by atoms with Gasteiger partial charge in [0.1, 0.15) is 11.4 Å². The maximum atomic E-state index is 13.0. The van der Waals surface area contributed by atoms with Gasteiger partial charge in [0.15, 0.2) is 5.82 Å². The van der Waals surface area contributed by atoms with Crippen molar-refractivity contribution in [3.05, 3.63) is 35.9 Å². The van der Waals surface area contributed by atoms with Crippen LogP contribution >= 0.6 is 0 Å². The van der Waals surface area contributed by atoms with E-state index in [-0.39, 0.29) is 11.9 Å². The number of aliphatic imine (C=N–C) groups is 1. The fraction of sp³-hybridized carbons (Fsp3) is 0.389. The molecular formula is C18H20N6O. The number of fused-ring (bicyclic) bond motifs is 5. The van der Waals surface area contributed by atoms with Crippen LogP contribution in [0.3, 0.4) is 0 Å². The second kappa shape index (κ2) is 5.08. The molecule has 1 aliphatic carbocycles. The van der Waals surface area contributed by atoms with E-state index >= 15 is 0 Å². The summed E-state index contributed by atoms with van der Waals surface area (Å²) >= 11 is 0. The molecule has 7 nitrogen and oxygen atoms in total. The third-order valence-corrected chi connectivity index (χ3v) is 5.38. The average Bonchev–Trinajstić information content (AvgIpc) is 3.27. The first-order chi connectivity index (χ1) is 12.1. The first-order valence-corrected chi connectivity index (χ1v) is 8.69. The molecule has 0 saturated heterocycles. The molecule has 0 spiro atoms. The molecular weight excluding hydrogens is 316 g/mol. The number of hydrogen-bond acceptors (Lipinski definition) is 5. The maximum absolute atomic E-state index is 13.0. The van der Waals surface area contributed by atoms with Gasteiger partial charge in [-0.25, -0.2) is 9.67 Å². The average molecular weight is 336 g/mol. The molecule has 3 heterocycles. The number of carbonyl (C=O) groups excluding carboxylic acids is 1. The smallest absolute Gasteiger partial charge is 0.267 e. The van der Waals surface area contributed by atoms with Crippen molar-refractivity contribution in [2.45, 2.75) is 31.3 Å². The predicted molar refractivity (Wildman–Crippen MR) is 96.4 cm³/mol. The molecule has 1 saturated carbocycles. The molecule has 1 N–H and O–H groups in total. The summed E-state index contributed by atoms with van der Waals surface area (Å²) in [5.41, 5.74) is 1.56. The van der Waals surface area contributed by atoms with E-state index in [1.54, 1.807) is 16.6 Å². The second-order valence-corrected chi connectivity index (χ2v) is 6.89. The number of anilines is 3. The summed E-state index contributed by atoms with van der Waals surface area (Å²) in [7, 11) is 3.67. The lowest BCUT2D eigenvalue weighted by molar-refractivity contribution is 0.0866. The highest BCUT2D eigenvalue weighted by Crippen LogP contribution is 2.42. The van der Waals surface area contributed by atoms with Crippen LogP contribution in [-0.4, -0.2) is 45.7 Å². The number of rotatable bonds is 2. The first-order valence-electron chi connectivity index (χ1n) is 8.69. The molecule has 2 aromatic rings. The van der Waals surface area contributed by atoms with E-state index < -0.39 is 0 Å². The molecule has 1 fully saturated rings. The summed E-state index contributed by atoms with van der Waals surface area (Å²) in [5.74, 6) is 2.14. The van der Waals surface area contributed by atoms with Gasteiger partial charge in [-0.2, -0.15) is 5.10 Å². The van der Waals surface area contributed by atoms with Crippen LogP contribution in [0.4, 0.5) is 17.3 Å². The van der Waals surface area contributed by atoms with Gasteiger partial charge in [-0.15, -0.1) is 0 Å². The number of nitrogens with zero attached hydrogens (tertiary/aromatic N) is 5. The van der Waals surface area contributed by atoms with Crippen LogP contribution in [0, 0.1) is 0 Å². The van der Waals surface area contributed by atoms with Crippen LogP contribution in [-0.2, 0) is 7.05 Å². The van der Waals surface area contributed by atoms with E-state index in [0.29, 0.717) is 11.6 Å². The van der Waals surface area contributed by atoms with E-state index in [4.69, 9.17) is 4.99 Å². The summed E-state index contributed by atoms with van der Waals surface area (Å²) in [5, 5.41) is 8.04.